The van der Waals surface area contributed by atoms with Crippen LogP contribution in [0.5, 0.6) is 0 Å². The highest BCUT2D eigenvalue weighted by Crippen LogP contribution is 2.23. The van der Waals surface area contributed by atoms with Crippen LogP contribution in [-0.2, 0) is 13.1 Å². The molecule has 0 unspecified atom stereocenters. The Balaban J connectivity index is 1.67. The maximum Gasteiger partial charge on any atom is 0.129 e. The van der Waals surface area contributed by atoms with Crippen molar-refractivity contribution >= 4 is 34.6 Å². The molecule has 0 fully saturated rings. The molecular weight excluding hydrogens is 377 g/mol. The number of nitrogens with one attached hydrogen (secondary N) is 2. The van der Waals surface area contributed by atoms with Gasteiger partial charge in [0.1, 0.15) is 11.6 Å². The molecule has 0 aliphatic rings. The van der Waals surface area contributed by atoms with Gasteiger partial charge in [-0.2, -0.15) is 0 Å². The number of rotatable bonds is 6. The van der Waals surface area contributed by atoms with Crippen LogP contribution < -0.4 is 10.6 Å². The van der Waals surface area contributed by atoms with Gasteiger partial charge in [0, 0.05) is 45.6 Å². The summed E-state index contributed by atoms with van der Waals surface area (Å²) in [4.78, 5) is 0. The molecule has 0 aliphatic carbocycles. The summed E-state index contributed by atoms with van der Waals surface area (Å²) >= 11 is 12.1. The quantitative estimate of drug-likeness (QED) is 0.500. The lowest BCUT2D eigenvalue weighted by Gasteiger charge is -2.12. The molecular formula is C20H16Cl2F2N2. The first kappa shape index (κ1) is 18.5. The van der Waals surface area contributed by atoms with Gasteiger partial charge in [-0.15, -0.1) is 0 Å². The monoisotopic (exact) mass is 392 g/mol. The fourth-order valence-corrected chi connectivity index (χ4v) is 2.98. The van der Waals surface area contributed by atoms with Crippen LogP contribution in [0, 0.1) is 11.6 Å². The summed E-state index contributed by atoms with van der Waals surface area (Å²) in [5.41, 5.74) is 2.39. The first-order chi connectivity index (χ1) is 12.5. The molecule has 2 N–H and O–H groups in total. The van der Waals surface area contributed by atoms with E-state index in [0.29, 0.717) is 21.2 Å². The molecule has 2 nitrogen and oxygen atoms in total. The van der Waals surface area contributed by atoms with Crippen LogP contribution in [0.25, 0.3) is 0 Å². The minimum Gasteiger partial charge on any atom is -0.381 e. The van der Waals surface area contributed by atoms with Crippen LogP contribution in [0.4, 0.5) is 20.2 Å². The zero-order valence-electron chi connectivity index (χ0n) is 13.7. The lowest BCUT2D eigenvalue weighted by atomic mass is 10.2. The van der Waals surface area contributed by atoms with E-state index in [-0.39, 0.29) is 24.7 Å². The number of hydrogen-bond acceptors (Lipinski definition) is 2. The SMILES string of the molecule is Fc1cccc(Cl)c1CNc1cccc(NCc2c(F)cccc2Cl)c1. The van der Waals surface area contributed by atoms with Crippen molar-refractivity contribution < 1.29 is 8.78 Å². The van der Waals surface area contributed by atoms with Crippen molar-refractivity contribution in [2.45, 2.75) is 13.1 Å². The van der Waals surface area contributed by atoms with E-state index in [1.807, 2.05) is 24.3 Å². The van der Waals surface area contributed by atoms with Crippen molar-refractivity contribution in [3.63, 3.8) is 0 Å². The van der Waals surface area contributed by atoms with Gasteiger partial charge in [0.25, 0.3) is 0 Å². The van der Waals surface area contributed by atoms with Gasteiger partial charge in [-0.1, -0.05) is 41.4 Å². The fourth-order valence-electron chi connectivity index (χ4n) is 2.52. The predicted molar refractivity (Wildman–Crippen MR) is 104 cm³/mol. The Kier molecular flexibility index (Phi) is 5.96. The van der Waals surface area contributed by atoms with Crippen molar-refractivity contribution in [2.24, 2.45) is 0 Å². The molecule has 3 aromatic rings. The van der Waals surface area contributed by atoms with Crippen LogP contribution in [0.1, 0.15) is 11.1 Å². The lowest BCUT2D eigenvalue weighted by Crippen LogP contribution is -2.05. The largest absolute Gasteiger partial charge is 0.381 e. The lowest BCUT2D eigenvalue weighted by molar-refractivity contribution is 0.613. The molecule has 3 aromatic carbocycles. The highest BCUT2D eigenvalue weighted by Gasteiger charge is 2.08. The Morgan fingerprint density at radius 1 is 0.654 bits per heavy atom. The third-order valence-electron chi connectivity index (χ3n) is 3.92. The van der Waals surface area contributed by atoms with E-state index in [9.17, 15) is 8.78 Å². The summed E-state index contributed by atoms with van der Waals surface area (Å²) in [6.45, 7) is 0.516. The molecule has 0 saturated heterocycles. The van der Waals surface area contributed by atoms with Gasteiger partial charge in [-0.05, 0) is 42.5 Å². The first-order valence-electron chi connectivity index (χ1n) is 7.98. The third kappa shape index (κ3) is 4.45. The van der Waals surface area contributed by atoms with E-state index >= 15 is 0 Å². The molecule has 0 saturated carbocycles. The Morgan fingerprint density at radius 2 is 1.08 bits per heavy atom. The van der Waals surface area contributed by atoms with E-state index < -0.39 is 0 Å². The zero-order valence-corrected chi connectivity index (χ0v) is 15.2. The number of benzene rings is 3. The van der Waals surface area contributed by atoms with Crippen LogP contribution >= 0.6 is 23.2 Å². The fraction of sp³-hybridized carbons (Fsp3) is 0.100. The van der Waals surface area contributed by atoms with E-state index in [4.69, 9.17) is 23.2 Å². The van der Waals surface area contributed by atoms with Crippen LogP contribution in [-0.4, -0.2) is 0 Å². The van der Waals surface area contributed by atoms with Gasteiger partial charge in [0.05, 0.1) is 0 Å². The smallest absolute Gasteiger partial charge is 0.129 e. The highest BCUT2D eigenvalue weighted by atomic mass is 35.5. The van der Waals surface area contributed by atoms with Crippen LogP contribution in [0.15, 0.2) is 60.7 Å². The molecule has 0 atom stereocenters. The minimum atomic E-state index is -0.353. The third-order valence-corrected chi connectivity index (χ3v) is 4.63. The van der Waals surface area contributed by atoms with Crippen molar-refractivity contribution in [1.82, 2.24) is 0 Å². The normalized spacial score (nSPS) is 10.6. The summed E-state index contributed by atoms with van der Waals surface area (Å²) in [5, 5.41) is 7.03. The summed E-state index contributed by atoms with van der Waals surface area (Å²) in [6, 6.07) is 16.6. The van der Waals surface area contributed by atoms with E-state index in [1.165, 1.54) is 12.1 Å². The molecule has 134 valence electrons. The first-order valence-corrected chi connectivity index (χ1v) is 8.74. The minimum absolute atomic E-state index is 0.258. The van der Waals surface area contributed by atoms with Crippen molar-refractivity contribution in [2.75, 3.05) is 10.6 Å². The topological polar surface area (TPSA) is 24.1 Å². The second-order valence-corrected chi connectivity index (χ2v) is 6.50. The standard InChI is InChI=1S/C20H16Cl2F2N2/c21-17-6-2-8-19(23)15(17)11-25-13-4-1-5-14(10-13)26-12-16-18(22)7-3-9-20(16)24/h1-10,25-26H,11-12H2. The molecule has 3 rings (SSSR count). The van der Waals surface area contributed by atoms with E-state index in [2.05, 4.69) is 10.6 Å². The molecule has 0 amide bonds. The summed E-state index contributed by atoms with van der Waals surface area (Å²) < 4.78 is 27.7. The Bertz CT molecular complexity index is 805. The zero-order chi connectivity index (χ0) is 18.5. The van der Waals surface area contributed by atoms with Gasteiger partial charge in [-0.25, -0.2) is 8.78 Å². The number of hydrogen-bond donors (Lipinski definition) is 2. The highest BCUT2D eigenvalue weighted by molar-refractivity contribution is 6.31. The molecule has 0 aliphatic heterocycles. The average Bonchev–Trinajstić information content (AvgIpc) is 2.61. The average molecular weight is 393 g/mol. The summed E-state index contributed by atoms with van der Waals surface area (Å²) in [5.74, 6) is -0.707. The predicted octanol–water partition coefficient (Wildman–Crippen LogP) is 6.50. The second kappa shape index (κ2) is 8.39. The summed E-state index contributed by atoms with van der Waals surface area (Å²) in [7, 11) is 0. The Labute approximate surface area is 160 Å². The van der Waals surface area contributed by atoms with E-state index in [0.717, 1.165) is 11.4 Å². The molecule has 0 aromatic heterocycles. The molecule has 6 heteroatoms. The van der Waals surface area contributed by atoms with Gasteiger partial charge >= 0.3 is 0 Å². The second-order valence-electron chi connectivity index (χ2n) is 5.69. The van der Waals surface area contributed by atoms with Crippen molar-refractivity contribution in [3.8, 4) is 0 Å². The van der Waals surface area contributed by atoms with Crippen LogP contribution in [0.3, 0.4) is 0 Å². The number of halogens is 4. The van der Waals surface area contributed by atoms with Crippen molar-refractivity contribution in [3.05, 3.63) is 93.5 Å². The van der Waals surface area contributed by atoms with E-state index in [1.54, 1.807) is 24.3 Å². The maximum absolute atomic E-state index is 13.8. The molecule has 0 radical (unpaired) electrons. The van der Waals surface area contributed by atoms with Gasteiger partial charge in [0.15, 0.2) is 0 Å². The van der Waals surface area contributed by atoms with Gasteiger partial charge in [-0.3, -0.25) is 0 Å². The van der Waals surface area contributed by atoms with Crippen LogP contribution in [0.2, 0.25) is 10.0 Å². The summed E-state index contributed by atoms with van der Waals surface area (Å²) in [6.07, 6.45) is 0. The Hall–Kier alpha value is -2.30. The van der Waals surface area contributed by atoms with Gasteiger partial charge < -0.3 is 10.6 Å². The molecule has 26 heavy (non-hydrogen) atoms. The Morgan fingerprint density at radius 3 is 1.50 bits per heavy atom. The van der Waals surface area contributed by atoms with Gasteiger partial charge in [0.2, 0.25) is 0 Å². The molecule has 0 heterocycles. The molecule has 0 spiro atoms. The molecule has 0 bridgehead atoms. The van der Waals surface area contributed by atoms with Crippen molar-refractivity contribution in [1.29, 1.82) is 0 Å². The number of anilines is 2. The maximum atomic E-state index is 13.8.